The van der Waals surface area contributed by atoms with Crippen LogP contribution >= 0.6 is 11.3 Å². The Morgan fingerprint density at radius 3 is 2.21 bits per heavy atom. The van der Waals surface area contributed by atoms with Crippen LogP contribution in [0.2, 0.25) is 0 Å². The molecule has 1 atom stereocenters. The average Bonchev–Trinajstić information content (AvgIpc) is 2.48. The van der Waals surface area contributed by atoms with Gasteiger partial charge in [-0.1, -0.05) is 0 Å². The zero-order valence-electron chi connectivity index (χ0n) is 6.68. The fourth-order valence-corrected chi connectivity index (χ4v) is 1.84. The van der Waals surface area contributed by atoms with Crippen LogP contribution in [-0.4, -0.2) is 6.43 Å². The Morgan fingerprint density at radius 1 is 1.21 bits per heavy atom. The quantitative estimate of drug-likeness (QED) is 0.778. The Hall–Kier alpha value is -0.690. The summed E-state index contributed by atoms with van der Waals surface area (Å²) in [6, 6.07) is -1.88. The molecule has 1 unspecified atom stereocenters. The lowest BCUT2D eigenvalue weighted by Gasteiger charge is -2.13. The van der Waals surface area contributed by atoms with Crippen molar-refractivity contribution in [2.45, 2.75) is 18.6 Å². The highest BCUT2D eigenvalue weighted by Gasteiger charge is 2.37. The maximum atomic E-state index is 12.2. The second-order valence-corrected chi connectivity index (χ2v) is 3.34. The smallest absolute Gasteiger partial charge is 0.319 e. The highest BCUT2D eigenvalue weighted by atomic mass is 32.1. The first kappa shape index (κ1) is 11.4. The Morgan fingerprint density at radius 2 is 1.79 bits per heavy atom. The summed E-state index contributed by atoms with van der Waals surface area (Å²) < 4.78 is 60.8. The first-order chi connectivity index (χ1) is 6.34. The van der Waals surface area contributed by atoms with E-state index in [1.165, 1.54) is 0 Å². The molecule has 0 saturated heterocycles. The van der Waals surface area contributed by atoms with Crippen LogP contribution in [-0.2, 0) is 6.18 Å². The van der Waals surface area contributed by atoms with Crippen LogP contribution in [0.3, 0.4) is 0 Å². The molecule has 2 N–H and O–H groups in total. The van der Waals surface area contributed by atoms with Crippen molar-refractivity contribution in [1.82, 2.24) is 0 Å². The molecule has 1 heterocycles. The van der Waals surface area contributed by atoms with Gasteiger partial charge in [0.2, 0.25) is 0 Å². The third kappa shape index (κ3) is 2.21. The molecule has 1 aromatic heterocycles. The maximum absolute atomic E-state index is 12.2. The average molecular weight is 231 g/mol. The minimum Gasteiger partial charge on any atom is -0.319 e. The largest absolute Gasteiger partial charge is 0.417 e. The van der Waals surface area contributed by atoms with Gasteiger partial charge in [0, 0.05) is 5.38 Å². The van der Waals surface area contributed by atoms with Crippen LogP contribution in [0.5, 0.6) is 0 Å². The predicted octanol–water partition coefficient (Wildman–Crippen LogP) is 3.03. The van der Waals surface area contributed by atoms with Gasteiger partial charge in [-0.3, -0.25) is 0 Å². The molecule has 14 heavy (non-hydrogen) atoms. The van der Waals surface area contributed by atoms with Crippen molar-refractivity contribution in [3.63, 3.8) is 0 Å². The number of halogens is 5. The Labute approximate surface area is 80.3 Å². The third-order valence-electron chi connectivity index (χ3n) is 1.63. The van der Waals surface area contributed by atoms with Gasteiger partial charge < -0.3 is 5.73 Å². The summed E-state index contributed by atoms with van der Waals surface area (Å²) >= 11 is 0.705. The molecule has 0 radical (unpaired) electrons. The molecule has 0 aromatic carbocycles. The first-order valence-corrected chi connectivity index (χ1v) is 4.45. The van der Waals surface area contributed by atoms with E-state index < -0.39 is 29.8 Å². The number of thiophene rings is 1. The van der Waals surface area contributed by atoms with Crippen molar-refractivity contribution in [3.05, 3.63) is 21.9 Å². The lowest BCUT2D eigenvalue weighted by molar-refractivity contribution is -0.138. The lowest BCUT2D eigenvalue weighted by Crippen LogP contribution is -2.21. The Bertz CT molecular complexity index is 305. The summed E-state index contributed by atoms with van der Waals surface area (Å²) in [5.41, 5.74) is 3.32. The zero-order valence-corrected chi connectivity index (χ0v) is 7.50. The predicted molar refractivity (Wildman–Crippen MR) is 42.3 cm³/mol. The molecule has 0 bridgehead atoms. The molecule has 80 valence electrons. The van der Waals surface area contributed by atoms with E-state index in [-0.39, 0.29) is 0 Å². The van der Waals surface area contributed by atoms with Gasteiger partial charge in [-0.05, 0) is 10.9 Å². The van der Waals surface area contributed by atoms with Gasteiger partial charge >= 0.3 is 6.18 Å². The second kappa shape index (κ2) is 3.82. The molecular weight excluding hydrogens is 225 g/mol. The van der Waals surface area contributed by atoms with Crippen LogP contribution < -0.4 is 5.73 Å². The number of hydrogen-bond donors (Lipinski definition) is 1. The van der Waals surface area contributed by atoms with Gasteiger partial charge in [0.1, 0.15) is 0 Å². The van der Waals surface area contributed by atoms with Crippen molar-refractivity contribution >= 4 is 11.3 Å². The summed E-state index contributed by atoms with van der Waals surface area (Å²) in [6.45, 7) is 0. The lowest BCUT2D eigenvalue weighted by atomic mass is 10.1. The van der Waals surface area contributed by atoms with Gasteiger partial charge in [0.25, 0.3) is 6.43 Å². The highest BCUT2D eigenvalue weighted by Crippen LogP contribution is 2.37. The molecule has 0 aliphatic heterocycles. The Balaban J connectivity index is 3.05. The van der Waals surface area contributed by atoms with Crippen LogP contribution in [0.25, 0.3) is 0 Å². The van der Waals surface area contributed by atoms with Crippen LogP contribution in [0.15, 0.2) is 10.8 Å². The van der Waals surface area contributed by atoms with E-state index in [4.69, 9.17) is 5.73 Å². The minimum atomic E-state index is -4.62. The fraction of sp³-hybridized carbons (Fsp3) is 0.429. The second-order valence-electron chi connectivity index (χ2n) is 2.60. The standard InChI is InChI=1S/C7H6F5NS/c8-6(9)5(13)3-1-14-2-4(3)7(10,11)12/h1-2,5-6H,13H2. The van der Waals surface area contributed by atoms with Gasteiger partial charge in [-0.25, -0.2) is 8.78 Å². The number of rotatable bonds is 2. The van der Waals surface area contributed by atoms with Crippen molar-refractivity contribution in [2.24, 2.45) is 5.73 Å². The number of hydrogen-bond acceptors (Lipinski definition) is 2. The van der Waals surface area contributed by atoms with Crippen LogP contribution in [0, 0.1) is 0 Å². The summed E-state index contributed by atoms with van der Waals surface area (Å²) in [5.74, 6) is 0. The van der Waals surface area contributed by atoms with E-state index >= 15 is 0 Å². The molecular formula is C7H6F5NS. The Kier molecular flexibility index (Phi) is 3.10. The van der Waals surface area contributed by atoms with Crippen molar-refractivity contribution in [2.75, 3.05) is 0 Å². The fourth-order valence-electron chi connectivity index (χ4n) is 0.931. The molecule has 0 amide bonds. The first-order valence-electron chi connectivity index (χ1n) is 3.51. The van der Waals surface area contributed by atoms with Gasteiger partial charge in [0.05, 0.1) is 11.6 Å². The molecule has 1 rings (SSSR count). The van der Waals surface area contributed by atoms with E-state index in [1.807, 2.05) is 0 Å². The molecule has 0 spiro atoms. The number of nitrogens with two attached hydrogens (primary N) is 1. The highest BCUT2D eigenvalue weighted by molar-refractivity contribution is 7.08. The van der Waals surface area contributed by atoms with E-state index in [2.05, 4.69) is 0 Å². The maximum Gasteiger partial charge on any atom is 0.417 e. The van der Waals surface area contributed by atoms with E-state index in [0.717, 1.165) is 10.8 Å². The third-order valence-corrected chi connectivity index (χ3v) is 2.39. The zero-order chi connectivity index (χ0) is 10.9. The molecule has 1 nitrogen and oxygen atoms in total. The summed E-state index contributed by atoms with van der Waals surface area (Å²) in [5, 5.41) is 1.78. The molecule has 0 aliphatic rings. The van der Waals surface area contributed by atoms with Crippen molar-refractivity contribution in [3.8, 4) is 0 Å². The SMILES string of the molecule is NC(c1cscc1C(F)(F)F)C(F)F. The molecule has 1 aromatic rings. The summed E-state index contributed by atoms with van der Waals surface area (Å²) in [4.78, 5) is 0. The van der Waals surface area contributed by atoms with Gasteiger partial charge in [-0.15, -0.1) is 0 Å². The summed E-state index contributed by atoms with van der Waals surface area (Å²) in [7, 11) is 0. The molecule has 0 fully saturated rings. The normalized spacial score (nSPS) is 14.8. The van der Waals surface area contributed by atoms with Crippen LogP contribution in [0.4, 0.5) is 22.0 Å². The monoisotopic (exact) mass is 231 g/mol. The molecule has 0 saturated carbocycles. The summed E-state index contributed by atoms with van der Waals surface area (Å²) in [6.07, 6.45) is -7.62. The van der Waals surface area contributed by atoms with Crippen molar-refractivity contribution < 1.29 is 22.0 Å². The van der Waals surface area contributed by atoms with Crippen LogP contribution in [0.1, 0.15) is 17.2 Å². The minimum absolute atomic E-state index is 0.544. The van der Waals surface area contributed by atoms with Crippen molar-refractivity contribution in [1.29, 1.82) is 0 Å². The van der Waals surface area contributed by atoms with Gasteiger partial charge in [0.15, 0.2) is 0 Å². The topological polar surface area (TPSA) is 26.0 Å². The van der Waals surface area contributed by atoms with Gasteiger partial charge in [-0.2, -0.15) is 24.5 Å². The molecule has 7 heteroatoms. The van der Waals surface area contributed by atoms with E-state index in [0.29, 0.717) is 11.3 Å². The van der Waals surface area contributed by atoms with E-state index in [1.54, 1.807) is 0 Å². The van der Waals surface area contributed by atoms with E-state index in [9.17, 15) is 22.0 Å². The molecule has 0 aliphatic carbocycles. The number of alkyl halides is 5.